The topological polar surface area (TPSA) is 33.1 Å². The van der Waals surface area contributed by atoms with Crippen molar-refractivity contribution in [1.29, 1.82) is 0 Å². The van der Waals surface area contributed by atoms with Gasteiger partial charge in [-0.05, 0) is 6.92 Å². The number of alkyl halides is 3. The molecule has 0 radical (unpaired) electrons. The number of rotatable bonds is 3. The van der Waals surface area contributed by atoms with Crippen molar-refractivity contribution in [1.82, 2.24) is 20.0 Å². The zero-order valence-corrected chi connectivity index (χ0v) is 11.5. The molecule has 0 aliphatic carbocycles. The van der Waals surface area contributed by atoms with Gasteiger partial charge in [0.2, 0.25) is 0 Å². The van der Waals surface area contributed by atoms with Crippen LogP contribution >= 0.6 is 12.4 Å². The highest BCUT2D eigenvalue weighted by Crippen LogP contribution is 2.17. The molecule has 1 saturated heterocycles. The van der Waals surface area contributed by atoms with E-state index in [1.807, 2.05) is 0 Å². The Hall–Kier alpha value is -0.790. The first-order valence-electron chi connectivity index (χ1n) is 5.96. The standard InChI is InChI=1S/C11H17F3N4.ClH/c1-9-5-17(3-2-15-9)6-10-4-16-18(7-10)8-11(12,13)14;/h4,7,9,15H,2-3,5-6,8H2,1H3;1H/t9-;/m1./s1. The largest absolute Gasteiger partial charge is 0.408 e. The van der Waals surface area contributed by atoms with Crippen LogP contribution in [0.4, 0.5) is 13.2 Å². The van der Waals surface area contributed by atoms with Gasteiger partial charge >= 0.3 is 6.18 Å². The minimum Gasteiger partial charge on any atom is -0.312 e. The van der Waals surface area contributed by atoms with E-state index in [2.05, 4.69) is 22.2 Å². The Morgan fingerprint density at radius 1 is 1.47 bits per heavy atom. The highest BCUT2D eigenvalue weighted by atomic mass is 35.5. The minimum absolute atomic E-state index is 0. The van der Waals surface area contributed by atoms with E-state index in [1.165, 1.54) is 12.4 Å². The molecule has 8 heteroatoms. The monoisotopic (exact) mass is 298 g/mol. The zero-order chi connectivity index (χ0) is 13.2. The third-order valence-corrected chi connectivity index (χ3v) is 2.89. The van der Waals surface area contributed by atoms with Crippen molar-refractivity contribution in [3.63, 3.8) is 0 Å². The molecule has 1 aromatic rings. The number of hydrogen-bond donors (Lipinski definition) is 1. The summed E-state index contributed by atoms with van der Waals surface area (Å²) in [6, 6.07) is 0.420. The summed E-state index contributed by atoms with van der Waals surface area (Å²) in [5.74, 6) is 0. The Balaban J connectivity index is 0.00000180. The second-order valence-electron chi connectivity index (χ2n) is 4.75. The molecular weight excluding hydrogens is 281 g/mol. The first-order chi connectivity index (χ1) is 8.42. The molecule has 2 heterocycles. The van der Waals surface area contributed by atoms with Crippen LogP contribution in [0.25, 0.3) is 0 Å². The quantitative estimate of drug-likeness (QED) is 0.921. The Kier molecular flexibility index (Phi) is 5.64. The summed E-state index contributed by atoms with van der Waals surface area (Å²) < 4.78 is 37.5. The third kappa shape index (κ3) is 5.38. The molecule has 0 unspecified atom stereocenters. The number of nitrogens with one attached hydrogen (secondary N) is 1. The Labute approximate surface area is 116 Å². The van der Waals surface area contributed by atoms with E-state index < -0.39 is 12.7 Å². The second kappa shape index (κ2) is 6.58. The van der Waals surface area contributed by atoms with E-state index in [-0.39, 0.29) is 12.4 Å². The van der Waals surface area contributed by atoms with E-state index in [4.69, 9.17) is 0 Å². The second-order valence-corrected chi connectivity index (χ2v) is 4.75. The predicted molar refractivity (Wildman–Crippen MR) is 68.3 cm³/mol. The molecule has 0 amide bonds. The van der Waals surface area contributed by atoms with Crippen molar-refractivity contribution in [2.45, 2.75) is 32.2 Å². The molecule has 0 spiro atoms. The van der Waals surface area contributed by atoms with Crippen LogP contribution in [0, 0.1) is 0 Å². The lowest BCUT2D eigenvalue weighted by molar-refractivity contribution is -0.142. The van der Waals surface area contributed by atoms with Crippen molar-refractivity contribution in [2.24, 2.45) is 0 Å². The molecule has 19 heavy (non-hydrogen) atoms. The van der Waals surface area contributed by atoms with Crippen LogP contribution in [0.15, 0.2) is 12.4 Å². The maximum atomic E-state index is 12.2. The number of aromatic nitrogens is 2. The highest BCUT2D eigenvalue weighted by molar-refractivity contribution is 5.85. The van der Waals surface area contributed by atoms with Crippen LogP contribution < -0.4 is 5.32 Å². The molecule has 4 nitrogen and oxygen atoms in total. The van der Waals surface area contributed by atoms with E-state index in [0.29, 0.717) is 12.6 Å². The lowest BCUT2D eigenvalue weighted by Crippen LogP contribution is -2.48. The Morgan fingerprint density at radius 3 is 2.84 bits per heavy atom. The summed E-state index contributed by atoms with van der Waals surface area (Å²) in [5, 5.41) is 7.06. The van der Waals surface area contributed by atoms with Crippen molar-refractivity contribution in [3.05, 3.63) is 18.0 Å². The smallest absolute Gasteiger partial charge is 0.312 e. The summed E-state index contributed by atoms with van der Waals surface area (Å²) in [7, 11) is 0. The van der Waals surface area contributed by atoms with Gasteiger partial charge in [-0.15, -0.1) is 12.4 Å². The number of halogens is 4. The number of piperazine rings is 1. The van der Waals surface area contributed by atoms with Gasteiger partial charge in [-0.25, -0.2) is 0 Å². The molecule has 1 aromatic heterocycles. The van der Waals surface area contributed by atoms with E-state index in [0.717, 1.165) is 29.9 Å². The van der Waals surface area contributed by atoms with Crippen molar-refractivity contribution >= 4 is 12.4 Å². The Morgan fingerprint density at radius 2 is 2.21 bits per heavy atom. The van der Waals surface area contributed by atoms with Crippen LogP contribution in [0.5, 0.6) is 0 Å². The van der Waals surface area contributed by atoms with E-state index in [1.54, 1.807) is 0 Å². The van der Waals surface area contributed by atoms with Crippen LogP contribution in [-0.4, -0.2) is 46.5 Å². The summed E-state index contributed by atoms with van der Waals surface area (Å²) in [6.45, 7) is 4.46. The SMILES string of the molecule is C[C@@H]1CN(Cc2cnn(CC(F)(F)F)c2)CCN1.Cl. The van der Waals surface area contributed by atoms with Gasteiger partial charge in [-0.1, -0.05) is 0 Å². The molecule has 0 bridgehead atoms. The molecule has 1 aliphatic rings. The molecule has 1 aliphatic heterocycles. The summed E-state index contributed by atoms with van der Waals surface area (Å²) in [5.41, 5.74) is 0.827. The van der Waals surface area contributed by atoms with Crippen LogP contribution in [-0.2, 0) is 13.1 Å². The summed E-state index contributed by atoms with van der Waals surface area (Å²) in [6.07, 6.45) is -1.23. The summed E-state index contributed by atoms with van der Waals surface area (Å²) in [4.78, 5) is 2.22. The Bertz CT molecular complexity index is 394. The summed E-state index contributed by atoms with van der Waals surface area (Å²) >= 11 is 0. The van der Waals surface area contributed by atoms with Crippen molar-refractivity contribution in [3.8, 4) is 0 Å². The lowest BCUT2D eigenvalue weighted by atomic mass is 10.2. The van der Waals surface area contributed by atoms with Gasteiger partial charge in [0.15, 0.2) is 0 Å². The number of hydrogen-bond acceptors (Lipinski definition) is 3. The minimum atomic E-state index is -4.22. The normalized spacial score (nSPS) is 21.2. The molecule has 0 aromatic carbocycles. The van der Waals surface area contributed by atoms with Crippen LogP contribution in [0.3, 0.4) is 0 Å². The van der Waals surface area contributed by atoms with Crippen molar-refractivity contribution in [2.75, 3.05) is 19.6 Å². The molecule has 1 N–H and O–H groups in total. The predicted octanol–water partition coefficient (Wildman–Crippen LogP) is 1.66. The first kappa shape index (κ1) is 16.3. The van der Waals surface area contributed by atoms with Crippen LogP contribution in [0.1, 0.15) is 12.5 Å². The van der Waals surface area contributed by atoms with Gasteiger partial charge < -0.3 is 5.32 Å². The highest BCUT2D eigenvalue weighted by Gasteiger charge is 2.28. The average molecular weight is 299 g/mol. The first-order valence-corrected chi connectivity index (χ1v) is 5.96. The molecule has 0 saturated carbocycles. The third-order valence-electron chi connectivity index (χ3n) is 2.89. The molecule has 1 atom stereocenters. The zero-order valence-electron chi connectivity index (χ0n) is 10.7. The fraction of sp³-hybridized carbons (Fsp3) is 0.727. The fourth-order valence-electron chi connectivity index (χ4n) is 2.17. The molecule has 110 valence electrons. The van der Waals surface area contributed by atoms with Gasteiger partial charge in [-0.3, -0.25) is 9.58 Å². The van der Waals surface area contributed by atoms with E-state index in [9.17, 15) is 13.2 Å². The molecule has 1 fully saturated rings. The lowest BCUT2D eigenvalue weighted by Gasteiger charge is -2.31. The number of nitrogens with zero attached hydrogens (tertiary/aromatic N) is 3. The van der Waals surface area contributed by atoms with Gasteiger partial charge in [-0.2, -0.15) is 18.3 Å². The van der Waals surface area contributed by atoms with Gasteiger partial charge in [0.1, 0.15) is 6.54 Å². The van der Waals surface area contributed by atoms with Gasteiger partial charge in [0, 0.05) is 44.0 Å². The van der Waals surface area contributed by atoms with Gasteiger partial charge in [0.25, 0.3) is 0 Å². The van der Waals surface area contributed by atoms with E-state index >= 15 is 0 Å². The average Bonchev–Trinajstić information content (AvgIpc) is 2.62. The van der Waals surface area contributed by atoms with Crippen molar-refractivity contribution < 1.29 is 13.2 Å². The molecular formula is C11H18ClF3N4. The fourth-order valence-corrected chi connectivity index (χ4v) is 2.17. The maximum absolute atomic E-state index is 12.2. The maximum Gasteiger partial charge on any atom is 0.408 e. The van der Waals surface area contributed by atoms with Gasteiger partial charge in [0.05, 0.1) is 6.20 Å². The van der Waals surface area contributed by atoms with Crippen LogP contribution in [0.2, 0.25) is 0 Å². The molecule has 2 rings (SSSR count).